The van der Waals surface area contributed by atoms with Crippen LogP contribution in [-0.2, 0) is 29.2 Å². The Morgan fingerprint density at radius 2 is 1.79 bits per heavy atom. The molecule has 6 rings (SSSR count). The van der Waals surface area contributed by atoms with E-state index in [4.69, 9.17) is 37.4 Å². The van der Waals surface area contributed by atoms with E-state index in [0.717, 1.165) is 67.6 Å². The predicted molar refractivity (Wildman–Crippen MR) is 217 cm³/mol. The van der Waals surface area contributed by atoms with Gasteiger partial charge in [-0.15, -0.1) is 0 Å². The molecule has 3 aromatic carbocycles. The molecule has 0 saturated carbocycles. The Labute approximate surface area is 342 Å². The Hall–Kier alpha value is -4.90. The molecule has 14 heteroatoms. The molecule has 2 heterocycles. The zero-order chi connectivity index (χ0) is 40.5. The quantitative estimate of drug-likeness (QED) is 0.0823. The second-order valence-corrected chi connectivity index (χ2v) is 15.5. The van der Waals surface area contributed by atoms with Crippen molar-refractivity contribution in [3.05, 3.63) is 105 Å². The fourth-order valence-electron chi connectivity index (χ4n) is 7.25. The molecule has 57 heavy (non-hydrogen) atoms. The number of nitrogens with one attached hydrogen (secondary N) is 2. The van der Waals surface area contributed by atoms with Crippen molar-refractivity contribution in [3.63, 3.8) is 0 Å². The highest BCUT2D eigenvalue weighted by molar-refractivity contribution is 6.35. The van der Waals surface area contributed by atoms with Gasteiger partial charge in [0.05, 0.1) is 28.8 Å². The number of ether oxygens (including phenoxy) is 3. The Balaban J connectivity index is 1.16. The number of carbonyl (C=O) groups is 2. The van der Waals surface area contributed by atoms with Crippen LogP contribution in [-0.4, -0.2) is 76.4 Å². The van der Waals surface area contributed by atoms with Crippen molar-refractivity contribution < 1.29 is 34.0 Å². The number of aliphatic hydroxyl groups excluding tert-OH is 1. The number of aromatic nitrogens is 1. The van der Waals surface area contributed by atoms with Crippen LogP contribution >= 0.6 is 23.2 Å². The van der Waals surface area contributed by atoms with E-state index in [9.17, 15) is 25.1 Å². The zero-order valence-electron chi connectivity index (χ0n) is 32.0. The number of rotatable bonds is 17. The van der Waals surface area contributed by atoms with E-state index in [-0.39, 0.29) is 31.2 Å². The van der Waals surface area contributed by atoms with Crippen LogP contribution in [0.4, 0.5) is 0 Å². The maximum Gasteiger partial charge on any atom is 0.326 e. The van der Waals surface area contributed by atoms with Crippen molar-refractivity contribution in [2.75, 3.05) is 32.8 Å². The highest BCUT2D eigenvalue weighted by Crippen LogP contribution is 2.45. The standard InChI is InChI=1S/C43H47Cl2N5O7/c1-27(52)49-31-12-15-50(16-13-31)14-5-17-55-38-9-4-8-35(41(38)45)32-6-3-7-34-33(32)10-11-37(34)57-40-20-39(56-25-29-18-28(21-46)22-47-23-29)30(19-36(40)44)24-48-43(2,26-51)42(53)54/h3-4,6-9,18-20,22-23,31,37,48,51H,5,10-17,24-26H2,1-2H3,(H,49,52)(H,53,54)/t37?,43-/m1/s1. The minimum Gasteiger partial charge on any atom is -0.492 e. The van der Waals surface area contributed by atoms with Crippen LogP contribution in [0.5, 0.6) is 17.2 Å². The highest BCUT2D eigenvalue weighted by Gasteiger charge is 2.33. The molecule has 0 spiro atoms. The van der Waals surface area contributed by atoms with Gasteiger partial charge in [0.25, 0.3) is 0 Å². The largest absolute Gasteiger partial charge is 0.492 e. The fourth-order valence-corrected chi connectivity index (χ4v) is 7.76. The zero-order valence-corrected chi connectivity index (χ0v) is 33.5. The Morgan fingerprint density at radius 3 is 2.53 bits per heavy atom. The monoisotopic (exact) mass is 815 g/mol. The lowest BCUT2D eigenvalue weighted by atomic mass is 9.96. The number of pyridine rings is 1. The molecule has 1 unspecified atom stereocenters. The third-order valence-corrected chi connectivity index (χ3v) is 11.2. The molecule has 4 aromatic rings. The molecule has 1 aliphatic heterocycles. The van der Waals surface area contributed by atoms with Gasteiger partial charge < -0.3 is 34.6 Å². The summed E-state index contributed by atoms with van der Waals surface area (Å²) in [7, 11) is 0. The number of carbonyl (C=O) groups excluding carboxylic acids is 1. The van der Waals surface area contributed by atoms with Crippen LogP contribution in [0.25, 0.3) is 11.1 Å². The van der Waals surface area contributed by atoms with Crippen molar-refractivity contribution in [1.82, 2.24) is 20.5 Å². The van der Waals surface area contributed by atoms with Crippen molar-refractivity contribution >= 4 is 35.1 Å². The Kier molecular flexibility index (Phi) is 13.9. The molecule has 300 valence electrons. The number of likely N-dealkylation sites (tertiary alicyclic amines) is 1. The van der Waals surface area contributed by atoms with Gasteiger partial charge in [0, 0.05) is 74.3 Å². The van der Waals surface area contributed by atoms with Crippen LogP contribution in [0.15, 0.2) is 67.0 Å². The number of carboxylic acid groups (broad SMARTS) is 1. The minimum absolute atomic E-state index is 0.0221. The van der Waals surface area contributed by atoms with E-state index in [1.807, 2.05) is 30.3 Å². The third-order valence-electron chi connectivity index (χ3n) is 10.5. The van der Waals surface area contributed by atoms with Gasteiger partial charge in [-0.25, -0.2) is 0 Å². The number of carboxylic acids is 1. The van der Waals surface area contributed by atoms with Gasteiger partial charge in [0.15, 0.2) is 0 Å². The summed E-state index contributed by atoms with van der Waals surface area (Å²) in [5.41, 5.74) is 4.03. The highest BCUT2D eigenvalue weighted by atomic mass is 35.5. The number of nitrogens with zero attached hydrogens (tertiary/aromatic N) is 3. The Morgan fingerprint density at radius 1 is 1.02 bits per heavy atom. The first-order chi connectivity index (χ1) is 27.5. The number of aliphatic carboxylic acids is 1. The molecule has 2 aliphatic rings. The summed E-state index contributed by atoms with van der Waals surface area (Å²) in [6.45, 7) is 5.77. The van der Waals surface area contributed by atoms with Gasteiger partial charge in [-0.05, 0) is 73.9 Å². The van der Waals surface area contributed by atoms with Gasteiger partial charge in [0.1, 0.15) is 41.6 Å². The van der Waals surface area contributed by atoms with Crippen molar-refractivity contribution in [2.45, 2.75) is 76.8 Å². The summed E-state index contributed by atoms with van der Waals surface area (Å²) < 4.78 is 19.0. The minimum atomic E-state index is -1.60. The third kappa shape index (κ3) is 10.3. The molecule has 12 nitrogen and oxygen atoms in total. The average molecular weight is 817 g/mol. The van der Waals surface area contributed by atoms with E-state index >= 15 is 0 Å². The van der Waals surface area contributed by atoms with E-state index in [1.54, 1.807) is 31.3 Å². The summed E-state index contributed by atoms with van der Waals surface area (Å²) in [5, 5.41) is 35.6. The number of halogens is 2. The second-order valence-electron chi connectivity index (χ2n) is 14.7. The maximum atomic E-state index is 11.9. The van der Waals surface area contributed by atoms with E-state index < -0.39 is 18.1 Å². The smallest absolute Gasteiger partial charge is 0.326 e. The summed E-state index contributed by atoms with van der Waals surface area (Å²) in [6, 6.07) is 19.3. The Bertz CT molecular complexity index is 2120. The lowest BCUT2D eigenvalue weighted by molar-refractivity contribution is -0.146. The van der Waals surface area contributed by atoms with Crippen LogP contribution in [0.2, 0.25) is 10.0 Å². The first-order valence-corrected chi connectivity index (χ1v) is 19.8. The number of fused-ring (bicyclic) bond motifs is 1. The van der Waals surface area contributed by atoms with Gasteiger partial charge >= 0.3 is 5.97 Å². The van der Waals surface area contributed by atoms with E-state index in [2.05, 4.69) is 32.7 Å². The van der Waals surface area contributed by atoms with Crippen molar-refractivity contribution in [2.24, 2.45) is 0 Å². The number of hydrogen-bond donors (Lipinski definition) is 4. The SMILES string of the molecule is CC(=O)NC1CCN(CCCOc2cccc(-c3cccc4c3CCC4Oc3cc(OCc4cncc(C#N)c4)c(CN[C@](C)(CO)C(=O)O)cc3Cl)c2Cl)CC1. The fraction of sp³-hybridized carbons (Fsp3) is 0.395. The number of piperidine rings is 1. The molecule has 1 aliphatic carbocycles. The van der Waals surface area contributed by atoms with E-state index in [0.29, 0.717) is 57.0 Å². The first-order valence-electron chi connectivity index (χ1n) is 19.1. The summed E-state index contributed by atoms with van der Waals surface area (Å²) in [4.78, 5) is 29.8. The second kappa shape index (κ2) is 19.0. The summed E-state index contributed by atoms with van der Waals surface area (Å²) in [6.07, 6.45) is 6.94. The van der Waals surface area contributed by atoms with E-state index in [1.165, 1.54) is 13.1 Å². The molecular formula is C43H47Cl2N5O7. The lowest BCUT2D eigenvalue weighted by Crippen LogP contribution is -2.52. The number of aliphatic hydroxyl groups is 1. The van der Waals surface area contributed by atoms with Gasteiger partial charge in [-0.2, -0.15) is 5.26 Å². The van der Waals surface area contributed by atoms with Crippen molar-refractivity contribution in [1.29, 1.82) is 5.26 Å². The molecule has 4 N–H and O–H groups in total. The lowest BCUT2D eigenvalue weighted by Gasteiger charge is -2.32. The van der Waals surface area contributed by atoms with Crippen LogP contribution in [0, 0.1) is 11.3 Å². The number of hydrogen-bond acceptors (Lipinski definition) is 10. The summed E-state index contributed by atoms with van der Waals surface area (Å²) in [5.74, 6) is 0.223. The molecule has 1 fully saturated rings. The molecule has 1 aromatic heterocycles. The summed E-state index contributed by atoms with van der Waals surface area (Å²) >= 11 is 13.8. The molecule has 2 atom stereocenters. The topological polar surface area (TPSA) is 166 Å². The molecule has 1 saturated heterocycles. The molecule has 0 radical (unpaired) electrons. The van der Waals surface area contributed by atoms with Gasteiger partial charge in [-0.3, -0.25) is 19.9 Å². The maximum absolute atomic E-state index is 11.9. The number of amides is 1. The van der Waals surface area contributed by atoms with Gasteiger partial charge in [0.2, 0.25) is 5.91 Å². The van der Waals surface area contributed by atoms with Gasteiger partial charge in [-0.1, -0.05) is 53.5 Å². The van der Waals surface area contributed by atoms with Crippen LogP contribution in [0.3, 0.4) is 0 Å². The number of benzene rings is 3. The van der Waals surface area contributed by atoms with Crippen molar-refractivity contribution in [3.8, 4) is 34.4 Å². The normalized spacial score (nSPS) is 16.6. The average Bonchev–Trinajstić information content (AvgIpc) is 3.62. The first kappa shape index (κ1) is 41.7. The molecule has 0 bridgehead atoms. The predicted octanol–water partition coefficient (Wildman–Crippen LogP) is 6.87. The molecule has 1 amide bonds. The number of nitriles is 1. The van der Waals surface area contributed by atoms with Crippen LogP contribution < -0.4 is 24.8 Å². The molecular weight excluding hydrogens is 769 g/mol. The van der Waals surface area contributed by atoms with Crippen LogP contribution in [0.1, 0.15) is 73.5 Å².